The van der Waals surface area contributed by atoms with E-state index in [4.69, 9.17) is 19.2 Å². The first-order chi connectivity index (χ1) is 19.9. The number of ketones is 1. The summed E-state index contributed by atoms with van der Waals surface area (Å²) in [5.74, 6) is 3.26. The van der Waals surface area contributed by atoms with Crippen molar-refractivity contribution < 1.29 is 19.0 Å². The first-order valence-electron chi connectivity index (χ1n) is 14.0. The van der Waals surface area contributed by atoms with Crippen LogP contribution < -0.4 is 19.5 Å². The zero-order valence-corrected chi connectivity index (χ0v) is 24.2. The number of piperazine rings is 1. The number of carbonyl (C=O) groups is 1. The Bertz CT molecular complexity index is 1470. The lowest BCUT2D eigenvalue weighted by molar-refractivity contribution is 0.0970. The maximum absolute atomic E-state index is 12.8. The second-order valence-electron chi connectivity index (χ2n) is 10.4. The summed E-state index contributed by atoms with van der Waals surface area (Å²) in [6, 6.07) is 14.8. The molecule has 2 aromatic carbocycles. The number of nitrogens with one attached hydrogen (secondary N) is 1. The molecule has 41 heavy (non-hydrogen) atoms. The minimum Gasteiger partial charge on any atom is -0.497 e. The molecule has 216 valence electrons. The highest BCUT2D eigenvalue weighted by molar-refractivity contribution is 5.94. The number of nitrogens with zero attached hydrogens (tertiary/aromatic N) is 5. The molecule has 0 atom stereocenters. The average molecular weight is 559 g/mol. The highest BCUT2D eigenvalue weighted by Crippen LogP contribution is 2.31. The number of Topliss-reactive ketones (excluding diaryl/α,β-unsaturated/α-hetero) is 1. The number of aryl methyl sites for hydroxylation is 1. The van der Waals surface area contributed by atoms with E-state index in [-0.39, 0.29) is 5.78 Å². The van der Waals surface area contributed by atoms with Crippen LogP contribution in [-0.2, 0) is 7.05 Å². The summed E-state index contributed by atoms with van der Waals surface area (Å²) in [5, 5.41) is 3.34. The lowest BCUT2D eigenvalue weighted by Gasteiger charge is -2.32. The summed E-state index contributed by atoms with van der Waals surface area (Å²) in [7, 11) is 7.34. The van der Waals surface area contributed by atoms with Gasteiger partial charge in [0.05, 0.1) is 25.3 Å². The molecule has 0 aliphatic carbocycles. The van der Waals surface area contributed by atoms with Crippen molar-refractivity contribution in [2.75, 3.05) is 59.3 Å². The molecule has 0 saturated carbocycles. The van der Waals surface area contributed by atoms with E-state index >= 15 is 0 Å². The zero-order chi connectivity index (χ0) is 28.8. The smallest absolute Gasteiger partial charge is 0.208 e. The van der Waals surface area contributed by atoms with E-state index in [9.17, 15) is 4.79 Å². The molecule has 0 bridgehead atoms. The molecule has 0 spiro atoms. The number of methoxy groups -OCH3 is 2. The van der Waals surface area contributed by atoms with Gasteiger partial charge in [-0.25, -0.2) is 4.98 Å². The van der Waals surface area contributed by atoms with Crippen LogP contribution in [0.5, 0.6) is 23.0 Å². The van der Waals surface area contributed by atoms with Crippen molar-refractivity contribution in [2.45, 2.75) is 19.3 Å². The van der Waals surface area contributed by atoms with Crippen molar-refractivity contribution >= 4 is 28.5 Å². The molecule has 0 radical (unpaired) electrons. The second kappa shape index (κ2) is 13.0. The monoisotopic (exact) mass is 558 g/mol. The van der Waals surface area contributed by atoms with E-state index in [1.807, 2.05) is 48.0 Å². The normalized spacial score (nSPS) is 14.2. The molecule has 1 saturated heterocycles. The number of imidazole rings is 1. The average Bonchev–Trinajstić information content (AvgIpc) is 3.29. The number of ether oxygens (including phenoxy) is 3. The number of benzene rings is 2. The van der Waals surface area contributed by atoms with Gasteiger partial charge in [-0.3, -0.25) is 9.78 Å². The minimum atomic E-state index is 0.0406. The number of unbranched alkanes of at least 4 members (excludes halogenated alkanes) is 1. The Balaban J connectivity index is 1.21. The first kappa shape index (κ1) is 28.4. The maximum Gasteiger partial charge on any atom is 0.208 e. The van der Waals surface area contributed by atoms with Gasteiger partial charge < -0.3 is 33.9 Å². The van der Waals surface area contributed by atoms with E-state index in [2.05, 4.69) is 27.1 Å². The summed E-state index contributed by atoms with van der Waals surface area (Å²) >= 11 is 0. The zero-order valence-electron chi connectivity index (χ0n) is 24.2. The predicted molar refractivity (Wildman–Crippen MR) is 160 cm³/mol. The van der Waals surface area contributed by atoms with Crippen LogP contribution >= 0.6 is 0 Å². The van der Waals surface area contributed by atoms with Gasteiger partial charge in [-0.15, -0.1) is 0 Å². The minimum absolute atomic E-state index is 0.0406. The Morgan fingerprint density at radius 1 is 0.878 bits per heavy atom. The SMILES string of the molecule is COc1cc(Nc2nc3cc(Oc4ccnc(C(=O)CCCCN5CCN(C)CC5)c4)ccc3n2C)cc(OC)c1. The molecule has 1 aliphatic heterocycles. The van der Waals surface area contributed by atoms with Gasteiger partial charge in [-0.2, -0.15) is 0 Å². The van der Waals surface area contributed by atoms with E-state index in [0.717, 1.165) is 62.3 Å². The molecular weight excluding hydrogens is 520 g/mol. The summed E-state index contributed by atoms with van der Waals surface area (Å²) in [6.45, 7) is 5.47. The van der Waals surface area contributed by atoms with Crippen LogP contribution in [0.4, 0.5) is 11.6 Å². The van der Waals surface area contributed by atoms with Crippen molar-refractivity contribution in [3.63, 3.8) is 0 Å². The number of carbonyl (C=O) groups excluding carboxylic acids is 1. The van der Waals surface area contributed by atoms with E-state index in [1.54, 1.807) is 32.5 Å². The van der Waals surface area contributed by atoms with Gasteiger partial charge in [0.1, 0.15) is 28.7 Å². The van der Waals surface area contributed by atoms with Crippen molar-refractivity contribution in [3.8, 4) is 23.0 Å². The maximum atomic E-state index is 12.8. The molecule has 3 heterocycles. The first-order valence-corrected chi connectivity index (χ1v) is 14.0. The lowest BCUT2D eigenvalue weighted by atomic mass is 10.1. The van der Waals surface area contributed by atoms with Gasteiger partial charge >= 0.3 is 0 Å². The van der Waals surface area contributed by atoms with Crippen LogP contribution in [0.15, 0.2) is 54.7 Å². The number of aromatic nitrogens is 3. The molecule has 1 fully saturated rings. The molecule has 2 aromatic heterocycles. The number of likely N-dealkylation sites (N-methyl/N-ethyl adjacent to an activating group) is 1. The fraction of sp³-hybridized carbons (Fsp3) is 0.387. The molecule has 10 heteroatoms. The number of hydrogen-bond donors (Lipinski definition) is 1. The highest BCUT2D eigenvalue weighted by atomic mass is 16.5. The van der Waals surface area contributed by atoms with Gasteiger partial charge in [0, 0.05) is 81.9 Å². The Morgan fingerprint density at radius 2 is 1.61 bits per heavy atom. The predicted octanol–water partition coefficient (Wildman–Crippen LogP) is 5.12. The summed E-state index contributed by atoms with van der Waals surface area (Å²) in [4.78, 5) is 26.7. The molecule has 1 N–H and O–H groups in total. The topological polar surface area (TPSA) is 94.0 Å². The Morgan fingerprint density at radius 3 is 2.34 bits per heavy atom. The number of hydrogen-bond acceptors (Lipinski definition) is 9. The third-order valence-corrected chi connectivity index (χ3v) is 7.44. The van der Waals surface area contributed by atoms with Gasteiger partial charge in [0.25, 0.3) is 0 Å². The third-order valence-electron chi connectivity index (χ3n) is 7.44. The van der Waals surface area contributed by atoms with E-state index in [1.165, 1.54) is 0 Å². The van der Waals surface area contributed by atoms with Crippen LogP contribution in [0.25, 0.3) is 11.0 Å². The summed E-state index contributed by atoms with van der Waals surface area (Å²) in [5.41, 5.74) is 2.94. The van der Waals surface area contributed by atoms with Gasteiger partial charge in [-0.1, -0.05) is 0 Å². The molecule has 5 rings (SSSR count). The standard InChI is InChI=1S/C31H38N6O4/c1-35-13-15-37(16-14-35)12-6-5-7-30(38)28-21-24(10-11-32-28)41-23-8-9-29-27(20-23)34-31(36(29)2)33-22-17-25(39-3)19-26(18-22)40-4/h8-11,17-21H,5-7,12-16H2,1-4H3,(H,33,34). The fourth-order valence-corrected chi connectivity index (χ4v) is 4.95. The number of anilines is 2. The van der Waals surface area contributed by atoms with Crippen LogP contribution in [0.2, 0.25) is 0 Å². The van der Waals surface area contributed by atoms with E-state index < -0.39 is 0 Å². The number of fused-ring (bicyclic) bond motifs is 1. The number of pyridine rings is 1. The van der Waals surface area contributed by atoms with Gasteiger partial charge in [-0.05, 0) is 44.6 Å². The Labute approximate surface area is 240 Å². The van der Waals surface area contributed by atoms with Crippen LogP contribution in [-0.4, -0.2) is 84.1 Å². The molecular formula is C31H38N6O4. The fourth-order valence-electron chi connectivity index (χ4n) is 4.95. The largest absolute Gasteiger partial charge is 0.497 e. The molecule has 0 unspecified atom stereocenters. The van der Waals surface area contributed by atoms with Crippen LogP contribution in [0.3, 0.4) is 0 Å². The van der Waals surface area contributed by atoms with Gasteiger partial charge in [0.2, 0.25) is 5.95 Å². The Hall–Kier alpha value is -4.15. The summed E-state index contributed by atoms with van der Waals surface area (Å²) < 4.78 is 18.8. The van der Waals surface area contributed by atoms with Crippen LogP contribution in [0.1, 0.15) is 29.8 Å². The number of rotatable bonds is 12. The summed E-state index contributed by atoms with van der Waals surface area (Å²) in [6.07, 6.45) is 3.97. The van der Waals surface area contributed by atoms with Crippen molar-refractivity contribution in [2.24, 2.45) is 7.05 Å². The second-order valence-corrected chi connectivity index (χ2v) is 10.4. The van der Waals surface area contributed by atoms with Crippen molar-refractivity contribution in [1.82, 2.24) is 24.3 Å². The molecule has 4 aromatic rings. The molecule has 10 nitrogen and oxygen atoms in total. The van der Waals surface area contributed by atoms with Crippen LogP contribution in [0, 0.1) is 0 Å². The van der Waals surface area contributed by atoms with E-state index in [0.29, 0.717) is 41.1 Å². The lowest BCUT2D eigenvalue weighted by Crippen LogP contribution is -2.44. The highest BCUT2D eigenvalue weighted by Gasteiger charge is 2.15. The quantitative estimate of drug-likeness (QED) is 0.188. The van der Waals surface area contributed by atoms with Gasteiger partial charge in [0.15, 0.2) is 5.78 Å². The van der Waals surface area contributed by atoms with Crippen molar-refractivity contribution in [1.29, 1.82) is 0 Å². The van der Waals surface area contributed by atoms with Crippen molar-refractivity contribution in [3.05, 3.63) is 60.4 Å². The molecule has 1 aliphatic rings. The third kappa shape index (κ3) is 7.14. The molecule has 0 amide bonds. The Kier molecular flexibility index (Phi) is 9.01.